The van der Waals surface area contributed by atoms with Gasteiger partial charge in [-0.05, 0) is 12.1 Å². The summed E-state index contributed by atoms with van der Waals surface area (Å²) in [5, 5.41) is 0. The lowest BCUT2D eigenvalue weighted by Crippen LogP contribution is -2.00. The molecular formula is C17H8N4O. The normalized spacial score (nSPS) is 12.6. The Morgan fingerprint density at radius 2 is 1.27 bits per heavy atom. The van der Waals surface area contributed by atoms with E-state index in [0.717, 1.165) is 22.1 Å². The van der Waals surface area contributed by atoms with Gasteiger partial charge in [-0.15, -0.1) is 0 Å². The van der Waals surface area contributed by atoms with E-state index in [2.05, 4.69) is 19.9 Å². The lowest BCUT2D eigenvalue weighted by Gasteiger charge is -2.03. The fraction of sp³-hybridized carbons (Fsp3) is 0. The van der Waals surface area contributed by atoms with E-state index >= 15 is 0 Å². The molecule has 0 N–H and O–H groups in total. The van der Waals surface area contributed by atoms with Crippen LogP contribution in [-0.4, -0.2) is 25.7 Å². The first-order valence-corrected chi connectivity index (χ1v) is 6.88. The predicted octanol–water partition coefficient (Wildman–Crippen LogP) is 2.78. The average Bonchev–Trinajstić information content (AvgIpc) is 2.84. The van der Waals surface area contributed by atoms with Gasteiger partial charge in [0.2, 0.25) is 5.78 Å². The van der Waals surface area contributed by atoms with Crippen LogP contribution >= 0.6 is 0 Å². The van der Waals surface area contributed by atoms with Crippen molar-refractivity contribution in [3.8, 4) is 11.3 Å². The van der Waals surface area contributed by atoms with Gasteiger partial charge in [0.15, 0.2) is 0 Å². The molecule has 0 unspecified atom stereocenters. The zero-order valence-corrected chi connectivity index (χ0v) is 11.3. The van der Waals surface area contributed by atoms with Crippen molar-refractivity contribution in [3.05, 3.63) is 60.0 Å². The molecule has 0 bridgehead atoms. The summed E-state index contributed by atoms with van der Waals surface area (Å²) in [5.74, 6) is -0.0701. The summed E-state index contributed by atoms with van der Waals surface area (Å²) in [7, 11) is 0. The summed E-state index contributed by atoms with van der Waals surface area (Å²) in [5.41, 5.74) is 5.45. The van der Waals surface area contributed by atoms with Gasteiger partial charge in [-0.25, -0.2) is 9.97 Å². The zero-order valence-electron chi connectivity index (χ0n) is 11.3. The second-order valence-corrected chi connectivity index (χ2v) is 5.18. The molecule has 102 valence electrons. The highest BCUT2D eigenvalue weighted by molar-refractivity contribution is 6.20. The molecule has 5 heteroatoms. The topological polar surface area (TPSA) is 68.6 Å². The van der Waals surface area contributed by atoms with E-state index in [-0.39, 0.29) is 5.78 Å². The first kappa shape index (κ1) is 11.4. The maximum absolute atomic E-state index is 12.5. The average molecular weight is 284 g/mol. The van der Waals surface area contributed by atoms with Crippen molar-refractivity contribution in [3.63, 3.8) is 0 Å². The van der Waals surface area contributed by atoms with Crippen molar-refractivity contribution in [1.29, 1.82) is 0 Å². The minimum Gasteiger partial charge on any atom is -0.287 e. The third kappa shape index (κ3) is 1.39. The van der Waals surface area contributed by atoms with E-state index < -0.39 is 0 Å². The molecule has 0 saturated heterocycles. The molecule has 5 rings (SSSR count). The zero-order chi connectivity index (χ0) is 14.7. The van der Waals surface area contributed by atoms with Crippen molar-refractivity contribution < 1.29 is 4.79 Å². The van der Waals surface area contributed by atoms with Gasteiger partial charge >= 0.3 is 0 Å². The molecule has 1 aliphatic carbocycles. The van der Waals surface area contributed by atoms with Crippen LogP contribution in [0.5, 0.6) is 0 Å². The summed E-state index contributed by atoms with van der Waals surface area (Å²) < 4.78 is 0. The minimum absolute atomic E-state index is 0.0701. The maximum atomic E-state index is 12.5. The molecule has 0 amide bonds. The number of hydrogen-bond donors (Lipinski definition) is 0. The SMILES string of the molecule is O=C1c2ccccc2-c2nc3cc4nccnc4cc3nc21. The van der Waals surface area contributed by atoms with E-state index in [1.807, 2.05) is 36.4 Å². The van der Waals surface area contributed by atoms with Crippen molar-refractivity contribution >= 4 is 27.9 Å². The Bertz CT molecular complexity index is 1100. The van der Waals surface area contributed by atoms with E-state index in [1.54, 1.807) is 12.4 Å². The summed E-state index contributed by atoms with van der Waals surface area (Å²) in [6, 6.07) is 11.1. The highest BCUT2D eigenvalue weighted by Gasteiger charge is 2.29. The van der Waals surface area contributed by atoms with Crippen LogP contribution in [-0.2, 0) is 0 Å². The number of carbonyl (C=O) groups excluding carboxylic acids is 1. The summed E-state index contributed by atoms with van der Waals surface area (Å²) in [6.45, 7) is 0. The van der Waals surface area contributed by atoms with E-state index in [9.17, 15) is 4.79 Å². The number of rotatable bonds is 0. The van der Waals surface area contributed by atoms with Gasteiger partial charge < -0.3 is 0 Å². The summed E-state index contributed by atoms with van der Waals surface area (Å²) in [6.07, 6.45) is 3.28. The number of ketones is 1. The number of aromatic nitrogens is 4. The summed E-state index contributed by atoms with van der Waals surface area (Å²) in [4.78, 5) is 30.2. The molecule has 5 nitrogen and oxygen atoms in total. The molecule has 2 aromatic heterocycles. The quantitative estimate of drug-likeness (QED) is 0.409. The van der Waals surface area contributed by atoms with Crippen LogP contribution in [0.3, 0.4) is 0 Å². The van der Waals surface area contributed by atoms with Crippen LogP contribution in [0.1, 0.15) is 16.1 Å². The number of hydrogen-bond acceptors (Lipinski definition) is 5. The molecule has 0 saturated carbocycles. The standard InChI is InChI=1S/C17H8N4O/c22-17-10-4-2-1-3-9(10)15-16(17)21-14-8-12-11(7-13(14)20-15)18-5-6-19-12/h1-8H. The van der Waals surface area contributed by atoms with Crippen LogP contribution in [0, 0.1) is 0 Å². The molecule has 2 heterocycles. The monoisotopic (exact) mass is 284 g/mol. The molecule has 0 aliphatic heterocycles. The predicted molar refractivity (Wildman–Crippen MR) is 81.5 cm³/mol. The van der Waals surface area contributed by atoms with Crippen LogP contribution in [0.25, 0.3) is 33.3 Å². The third-order valence-electron chi connectivity index (χ3n) is 3.90. The Hall–Kier alpha value is -3.21. The highest BCUT2D eigenvalue weighted by Crippen LogP contribution is 2.35. The van der Waals surface area contributed by atoms with E-state index in [0.29, 0.717) is 22.5 Å². The molecule has 0 radical (unpaired) electrons. The Kier molecular flexibility index (Phi) is 2.04. The highest BCUT2D eigenvalue weighted by atomic mass is 16.1. The van der Waals surface area contributed by atoms with Gasteiger partial charge in [0.05, 0.1) is 22.1 Å². The minimum atomic E-state index is -0.0701. The number of fused-ring (bicyclic) bond motifs is 5. The first-order valence-electron chi connectivity index (χ1n) is 6.88. The van der Waals surface area contributed by atoms with Gasteiger partial charge in [-0.2, -0.15) is 0 Å². The van der Waals surface area contributed by atoms with Gasteiger partial charge in [-0.1, -0.05) is 24.3 Å². The number of nitrogens with zero attached hydrogens (tertiary/aromatic N) is 4. The van der Waals surface area contributed by atoms with Crippen molar-refractivity contribution in [2.45, 2.75) is 0 Å². The fourth-order valence-corrected chi connectivity index (χ4v) is 2.88. The molecule has 2 aromatic carbocycles. The van der Waals surface area contributed by atoms with Crippen LogP contribution in [0.15, 0.2) is 48.8 Å². The lowest BCUT2D eigenvalue weighted by molar-refractivity contribution is 0.103. The van der Waals surface area contributed by atoms with Gasteiger partial charge in [0.1, 0.15) is 11.4 Å². The molecule has 0 spiro atoms. The Morgan fingerprint density at radius 1 is 0.682 bits per heavy atom. The first-order chi connectivity index (χ1) is 10.8. The summed E-state index contributed by atoms with van der Waals surface area (Å²) >= 11 is 0. The Balaban J connectivity index is 1.90. The third-order valence-corrected chi connectivity index (χ3v) is 3.90. The van der Waals surface area contributed by atoms with Crippen LogP contribution < -0.4 is 0 Å². The molecule has 0 atom stereocenters. The van der Waals surface area contributed by atoms with Crippen molar-refractivity contribution in [1.82, 2.24) is 19.9 Å². The van der Waals surface area contributed by atoms with Gasteiger partial charge in [0, 0.05) is 23.5 Å². The number of carbonyl (C=O) groups is 1. The van der Waals surface area contributed by atoms with Gasteiger partial charge in [-0.3, -0.25) is 14.8 Å². The second kappa shape index (κ2) is 3.92. The largest absolute Gasteiger partial charge is 0.287 e. The van der Waals surface area contributed by atoms with Crippen LogP contribution in [0.4, 0.5) is 0 Å². The Morgan fingerprint density at radius 3 is 1.95 bits per heavy atom. The molecule has 1 aliphatic rings. The second-order valence-electron chi connectivity index (χ2n) is 5.18. The van der Waals surface area contributed by atoms with E-state index in [4.69, 9.17) is 0 Å². The number of benzene rings is 2. The molecular weight excluding hydrogens is 276 g/mol. The van der Waals surface area contributed by atoms with Crippen molar-refractivity contribution in [2.24, 2.45) is 0 Å². The van der Waals surface area contributed by atoms with Gasteiger partial charge in [0.25, 0.3) is 0 Å². The lowest BCUT2D eigenvalue weighted by atomic mass is 10.1. The molecule has 0 fully saturated rings. The molecule has 4 aromatic rings. The maximum Gasteiger partial charge on any atom is 0.214 e. The smallest absolute Gasteiger partial charge is 0.214 e. The molecule has 22 heavy (non-hydrogen) atoms. The Labute approximate surface area is 124 Å². The van der Waals surface area contributed by atoms with E-state index in [1.165, 1.54) is 0 Å². The van der Waals surface area contributed by atoms with Crippen molar-refractivity contribution in [2.75, 3.05) is 0 Å². The fourth-order valence-electron chi connectivity index (χ4n) is 2.88. The van der Waals surface area contributed by atoms with Crippen LogP contribution in [0.2, 0.25) is 0 Å².